The number of ether oxygens (including phenoxy) is 1. The standard InChI is InChI=1S/C15H33NO/c1-13(2)9-8-12-17-14(3)10-7-11-16-15(4,5)6/h13-14,16H,7-12H2,1-6H3. The fourth-order valence-corrected chi connectivity index (χ4v) is 1.71. The van der Waals surface area contributed by atoms with Crippen molar-refractivity contribution in [2.75, 3.05) is 13.2 Å². The van der Waals surface area contributed by atoms with Gasteiger partial charge in [0.1, 0.15) is 0 Å². The second-order valence-electron chi connectivity index (χ2n) is 6.54. The number of nitrogens with one attached hydrogen (secondary N) is 1. The Kier molecular flexibility index (Phi) is 8.89. The number of hydrogen-bond acceptors (Lipinski definition) is 2. The first-order valence-corrected chi connectivity index (χ1v) is 7.18. The third-order valence-electron chi connectivity index (χ3n) is 2.77. The molecule has 1 atom stereocenters. The Morgan fingerprint density at radius 3 is 2.18 bits per heavy atom. The molecule has 0 saturated carbocycles. The normalized spacial score (nSPS) is 14.3. The number of hydrogen-bond donors (Lipinski definition) is 1. The van der Waals surface area contributed by atoms with E-state index in [1.807, 2.05) is 0 Å². The molecule has 0 radical (unpaired) electrons. The van der Waals surface area contributed by atoms with Crippen molar-refractivity contribution in [3.63, 3.8) is 0 Å². The van der Waals surface area contributed by atoms with Gasteiger partial charge in [0.2, 0.25) is 0 Å². The highest BCUT2D eigenvalue weighted by molar-refractivity contribution is 4.70. The largest absolute Gasteiger partial charge is 0.379 e. The summed E-state index contributed by atoms with van der Waals surface area (Å²) < 4.78 is 5.80. The van der Waals surface area contributed by atoms with Crippen molar-refractivity contribution in [3.05, 3.63) is 0 Å². The highest BCUT2D eigenvalue weighted by Crippen LogP contribution is 2.07. The highest BCUT2D eigenvalue weighted by Gasteiger charge is 2.08. The van der Waals surface area contributed by atoms with E-state index in [2.05, 4.69) is 46.9 Å². The van der Waals surface area contributed by atoms with Crippen LogP contribution in [0.25, 0.3) is 0 Å². The summed E-state index contributed by atoms with van der Waals surface area (Å²) in [4.78, 5) is 0. The Bertz CT molecular complexity index is 172. The van der Waals surface area contributed by atoms with Crippen LogP contribution >= 0.6 is 0 Å². The lowest BCUT2D eigenvalue weighted by atomic mass is 10.1. The summed E-state index contributed by atoms with van der Waals surface area (Å²) in [5, 5.41) is 3.50. The van der Waals surface area contributed by atoms with Crippen molar-refractivity contribution in [2.24, 2.45) is 5.92 Å². The van der Waals surface area contributed by atoms with E-state index in [1.54, 1.807) is 0 Å². The Morgan fingerprint density at radius 1 is 1.00 bits per heavy atom. The highest BCUT2D eigenvalue weighted by atomic mass is 16.5. The monoisotopic (exact) mass is 243 g/mol. The molecule has 0 bridgehead atoms. The topological polar surface area (TPSA) is 21.3 Å². The molecular weight excluding hydrogens is 210 g/mol. The van der Waals surface area contributed by atoms with Crippen molar-refractivity contribution >= 4 is 0 Å². The van der Waals surface area contributed by atoms with E-state index >= 15 is 0 Å². The molecule has 0 amide bonds. The van der Waals surface area contributed by atoms with E-state index in [0.29, 0.717) is 6.10 Å². The molecule has 0 saturated heterocycles. The first kappa shape index (κ1) is 16.9. The quantitative estimate of drug-likeness (QED) is 0.618. The van der Waals surface area contributed by atoms with Gasteiger partial charge in [0, 0.05) is 12.1 Å². The fraction of sp³-hybridized carbons (Fsp3) is 1.00. The maximum absolute atomic E-state index is 5.80. The van der Waals surface area contributed by atoms with Crippen molar-refractivity contribution in [2.45, 2.75) is 78.9 Å². The minimum atomic E-state index is 0.237. The Balaban J connectivity index is 3.32. The zero-order valence-corrected chi connectivity index (χ0v) is 12.8. The van der Waals surface area contributed by atoms with Gasteiger partial charge in [-0.2, -0.15) is 0 Å². The second kappa shape index (κ2) is 8.93. The van der Waals surface area contributed by atoms with Gasteiger partial charge in [-0.3, -0.25) is 0 Å². The Morgan fingerprint density at radius 2 is 1.65 bits per heavy atom. The maximum Gasteiger partial charge on any atom is 0.0547 e. The molecule has 0 spiro atoms. The third-order valence-corrected chi connectivity index (χ3v) is 2.77. The number of rotatable bonds is 9. The molecule has 2 nitrogen and oxygen atoms in total. The zero-order chi connectivity index (χ0) is 13.3. The van der Waals surface area contributed by atoms with E-state index in [9.17, 15) is 0 Å². The van der Waals surface area contributed by atoms with E-state index < -0.39 is 0 Å². The van der Waals surface area contributed by atoms with E-state index in [-0.39, 0.29) is 5.54 Å². The SMILES string of the molecule is CC(C)CCCOC(C)CCCNC(C)(C)C. The van der Waals surface area contributed by atoms with Gasteiger partial charge in [-0.05, 0) is 65.8 Å². The molecule has 0 rings (SSSR count). The van der Waals surface area contributed by atoms with Gasteiger partial charge in [-0.1, -0.05) is 13.8 Å². The van der Waals surface area contributed by atoms with Crippen LogP contribution in [0.15, 0.2) is 0 Å². The lowest BCUT2D eigenvalue weighted by molar-refractivity contribution is 0.0547. The van der Waals surface area contributed by atoms with Crippen LogP contribution in [0.2, 0.25) is 0 Å². The summed E-state index contributed by atoms with van der Waals surface area (Å²) in [6, 6.07) is 0. The van der Waals surface area contributed by atoms with Gasteiger partial charge in [0.25, 0.3) is 0 Å². The van der Waals surface area contributed by atoms with Crippen LogP contribution in [-0.4, -0.2) is 24.8 Å². The van der Waals surface area contributed by atoms with Gasteiger partial charge in [0.15, 0.2) is 0 Å². The minimum Gasteiger partial charge on any atom is -0.379 e. The molecule has 17 heavy (non-hydrogen) atoms. The maximum atomic E-state index is 5.80. The van der Waals surface area contributed by atoms with Crippen LogP contribution in [0.3, 0.4) is 0 Å². The van der Waals surface area contributed by atoms with Crippen LogP contribution in [-0.2, 0) is 4.74 Å². The van der Waals surface area contributed by atoms with Crippen LogP contribution in [0.4, 0.5) is 0 Å². The molecule has 104 valence electrons. The molecular formula is C15H33NO. The van der Waals surface area contributed by atoms with Gasteiger partial charge >= 0.3 is 0 Å². The van der Waals surface area contributed by atoms with Crippen molar-refractivity contribution < 1.29 is 4.74 Å². The van der Waals surface area contributed by atoms with Crippen LogP contribution in [0.1, 0.15) is 67.2 Å². The van der Waals surface area contributed by atoms with Crippen molar-refractivity contribution in [3.8, 4) is 0 Å². The summed E-state index contributed by atoms with van der Waals surface area (Å²) in [5.74, 6) is 0.796. The van der Waals surface area contributed by atoms with Gasteiger partial charge in [-0.25, -0.2) is 0 Å². The lowest BCUT2D eigenvalue weighted by Gasteiger charge is -2.21. The molecule has 0 aromatic heterocycles. The summed E-state index contributed by atoms with van der Waals surface area (Å²) in [7, 11) is 0. The second-order valence-corrected chi connectivity index (χ2v) is 6.54. The first-order valence-electron chi connectivity index (χ1n) is 7.18. The van der Waals surface area contributed by atoms with E-state index in [1.165, 1.54) is 19.3 Å². The molecule has 0 fully saturated rings. The smallest absolute Gasteiger partial charge is 0.0547 e. The molecule has 0 aliphatic carbocycles. The molecule has 1 unspecified atom stereocenters. The van der Waals surface area contributed by atoms with E-state index in [4.69, 9.17) is 4.74 Å². The summed E-state index contributed by atoms with van der Waals surface area (Å²) >= 11 is 0. The summed E-state index contributed by atoms with van der Waals surface area (Å²) in [6.45, 7) is 15.3. The molecule has 1 N–H and O–H groups in total. The van der Waals surface area contributed by atoms with Crippen LogP contribution in [0.5, 0.6) is 0 Å². The summed E-state index contributed by atoms with van der Waals surface area (Å²) in [6.07, 6.45) is 5.23. The Hall–Kier alpha value is -0.0800. The van der Waals surface area contributed by atoms with Crippen LogP contribution < -0.4 is 5.32 Å². The fourth-order valence-electron chi connectivity index (χ4n) is 1.71. The Labute approximate surface area is 109 Å². The molecule has 2 heteroatoms. The molecule has 0 aliphatic rings. The third kappa shape index (κ3) is 13.9. The first-order chi connectivity index (χ1) is 7.81. The molecule has 0 aromatic carbocycles. The van der Waals surface area contributed by atoms with Gasteiger partial charge < -0.3 is 10.1 Å². The molecule has 0 aliphatic heterocycles. The van der Waals surface area contributed by atoms with Crippen molar-refractivity contribution in [1.82, 2.24) is 5.32 Å². The average Bonchev–Trinajstić information content (AvgIpc) is 2.18. The predicted molar refractivity (Wildman–Crippen MR) is 76.5 cm³/mol. The average molecular weight is 243 g/mol. The van der Waals surface area contributed by atoms with Gasteiger partial charge in [-0.15, -0.1) is 0 Å². The molecule has 0 heterocycles. The molecule has 0 aromatic rings. The minimum absolute atomic E-state index is 0.237. The van der Waals surface area contributed by atoms with Gasteiger partial charge in [0.05, 0.1) is 6.10 Å². The summed E-state index contributed by atoms with van der Waals surface area (Å²) in [5.41, 5.74) is 0.237. The van der Waals surface area contributed by atoms with Crippen LogP contribution in [0, 0.1) is 5.92 Å². The predicted octanol–water partition coefficient (Wildman–Crippen LogP) is 4.00. The van der Waals surface area contributed by atoms with Crippen molar-refractivity contribution in [1.29, 1.82) is 0 Å². The van der Waals surface area contributed by atoms with E-state index in [0.717, 1.165) is 25.5 Å². The zero-order valence-electron chi connectivity index (χ0n) is 12.8. The lowest BCUT2D eigenvalue weighted by Crippen LogP contribution is -2.36.